The lowest BCUT2D eigenvalue weighted by molar-refractivity contribution is 0.222. The second kappa shape index (κ2) is 6.39. The van der Waals surface area contributed by atoms with E-state index < -0.39 is 0 Å². The molecule has 0 saturated carbocycles. The highest BCUT2D eigenvalue weighted by atomic mass is 16.5. The maximum Gasteiger partial charge on any atom is 0.319 e. The first kappa shape index (κ1) is 14.3. The lowest BCUT2D eigenvalue weighted by Crippen LogP contribution is -2.44. The number of ether oxygens (including phenoxy) is 2. The number of carbonyl (C=O) groups excluding carboxylic acids is 1. The van der Waals surface area contributed by atoms with Gasteiger partial charge in [-0.05, 0) is 42.3 Å². The molecule has 2 aromatic carbocycles. The number of para-hydroxylation sites is 1. The highest BCUT2D eigenvalue weighted by Crippen LogP contribution is 2.24. The fourth-order valence-electron chi connectivity index (χ4n) is 2.45. The van der Waals surface area contributed by atoms with Crippen LogP contribution in [0.2, 0.25) is 0 Å². The molecule has 0 unspecified atom stereocenters. The normalized spacial score (nSPS) is 16.1. The summed E-state index contributed by atoms with van der Waals surface area (Å²) in [5.74, 6) is 1.65. The first-order valence-corrected chi connectivity index (χ1v) is 7.17. The van der Waals surface area contributed by atoms with Crippen molar-refractivity contribution in [3.63, 3.8) is 0 Å². The molecule has 2 aromatic rings. The Morgan fingerprint density at radius 1 is 1.18 bits per heavy atom. The second-order valence-electron chi connectivity index (χ2n) is 5.15. The van der Waals surface area contributed by atoms with Crippen LogP contribution >= 0.6 is 0 Å². The van der Waals surface area contributed by atoms with E-state index in [2.05, 4.69) is 10.6 Å². The predicted octanol–water partition coefficient (Wildman–Crippen LogP) is 2.82. The van der Waals surface area contributed by atoms with E-state index in [0.717, 1.165) is 29.2 Å². The second-order valence-corrected chi connectivity index (χ2v) is 5.15. The molecule has 2 amide bonds. The maximum absolute atomic E-state index is 12.0. The van der Waals surface area contributed by atoms with Gasteiger partial charge < -0.3 is 20.1 Å². The lowest BCUT2D eigenvalue weighted by Gasteiger charge is -2.26. The number of urea groups is 1. The number of nitrogens with one attached hydrogen (secondary N) is 2. The smallest absolute Gasteiger partial charge is 0.319 e. The number of carbonyl (C=O) groups is 1. The summed E-state index contributed by atoms with van der Waals surface area (Å²) in [7, 11) is 1.61. The van der Waals surface area contributed by atoms with Crippen LogP contribution in [0.4, 0.5) is 10.5 Å². The van der Waals surface area contributed by atoms with Crippen LogP contribution in [-0.2, 0) is 6.42 Å². The van der Waals surface area contributed by atoms with Crippen LogP contribution in [0.15, 0.2) is 48.5 Å². The van der Waals surface area contributed by atoms with Crippen LogP contribution in [0.3, 0.4) is 0 Å². The Morgan fingerprint density at radius 3 is 2.73 bits per heavy atom. The lowest BCUT2D eigenvalue weighted by atomic mass is 10.0. The van der Waals surface area contributed by atoms with Crippen molar-refractivity contribution in [3.05, 3.63) is 54.1 Å². The molecule has 0 saturated heterocycles. The van der Waals surface area contributed by atoms with E-state index >= 15 is 0 Å². The maximum atomic E-state index is 12.0. The Kier molecular flexibility index (Phi) is 4.14. The summed E-state index contributed by atoms with van der Waals surface area (Å²) in [6, 6.07) is 14.8. The zero-order valence-corrected chi connectivity index (χ0v) is 12.3. The Balaban J connectivity index is 1.56. The SMILES string of the molecule is COc1ccc(NC(=O)N[C@@H]2COc3ccccc3C2)cc1. The van der Waals surface area contributed by atoms with Crippen LogP contribution in [0.1, 0.15) is 5.56 Å². The molecule has 1 aliphatic heterocycles. The van der Waals surface area contributed by atoms with E-state index in [1.165, 1.54) is 0 Å². The van der Waals surface area contributed by atoms with E-state index in [1.54, 1.807) is 31.4 Å². The molecule has 2 N–H and O–H groups in total. The van der Waals surface area contributed by atoms with Crippen molar-refractivity contribution >= 4 is 11.7 Å². The molecule has 1 heterocycles. The van der Waals surface area contributed by atoms with Crippen molar-refractivity contribution in [1.29, 1.82) is 0 Å². The molecular formula is C17H18N2O3. The van der Waals surface area contributed by atoms with Crippen molar-refractivity contribution < 1.29 is 14.3 Å². The third-order valence-electron chi connectivity index (χ3n) is 3.56. The first-order valence-electron chi connectivity index (χ1n) is 7.17. The van der Waals surface area contributed by atoms with Gasteiger partial charge in [-0.2, -0.15) is 0 Å². The topological polar surface area (TPSA) is 59.6 Å². The van der Waals surface area contributed by atoms with Gasteiger partial charge in [-0.1, -0.05) is 18.2 Å². The van der Waals surface area contributed by atoms with Gasteiger partial charge in [-0.3, -0.25) is 0 Å². The minimum atomic E-state index is -0.238. The first-order chi connectivity index (χ1) is 10.7. The number of methoxy groups -OCH3 is 1. The molecule has 22 heavy (non-hydrogen) atoms. The number of hydrogen-bond acceptors (Lipinski definition) is 3. The number of rotatable bonds is 3. The Bertz CT molecular complexity index is 655. The Labute approximate surface area is 129 Å². The molecule has 1 aliphatic rings. The standard InChI is InChI=1S/C17H18N2O3/c1-21-15-8-6-13(7-9-15)18-17(20)19-14-10-12-4-2-3-5-16(12)22-11-14/h2-9,14H,10-11H2,1H3,(H2,18,19,20)/t14-/m0/s1. The van der Waals surface area contributed by atoms with Gasteiger partial charge in [0, 0.05) is 5.69 Å². The summed E-state index contributed by atoms with van der Waals surface area (Å²) >= 11 is 0. The molecule has 5 heteroatoms. The highest BCUT2D eigenvalue weighted by molar-refractivity contribution is 5.89. The van der Waals surface area contributed by atoms with Crippen LogP contribution in [-0.4, -0.2) is 25.8 Å². The van der Waals surface area contributed by atoms with Crippen molar-refractivity contribution in [3.8, 4) is 11.5 Å². The molecule has 114 valence electrons. The molecule has 3 rings (SSSR count). The third-order valence-corrected chi connectivity index (χ3v) is 3.56. The molecular weight excluding hydrogens is 280 g/mol. The number of anilines is 1. The molecule has 0 spiro atoms. The van der Waals surface area contributed by atoms with Gasteiger partial charge in [0.25, 0.3) is 0 Å². The molecule has 1 atom stereocenters. The minimum Gasteiger partial charge on any atom is -0.497 e. The zero-order valence-electron chi connectivity index (χ0n) is 12.3. The average Bonchev–Trinajstić information content (AvgIpc) is 2.55. The van der Waals surface area contributed by atoms with Crippen molar-refractivity contribution in [1.82, 2.24) is 5.32 Å². The van der Waals surface area contributed by atoms with Gasteiger partial charge in [0.15, 0.2) is 0 Å². The van der Waals surface area contributed by atoms with Gasteiger partial charge in [0.05, 0.1) is 13.2 Å². The molecule has 0 fully saturated rings. The number of amides is 2. The molecule has 0 radical (unpaired) electrons. The van der Waals surface area contributed by atoms with E-state index in [9.17, 15) is 4.79 Å². The summed E-state index contributed by atoms with van der Waals surface area (Å²) in [5, 5.41) is 5.73. The summed E-state index contributed by atoms with van der Waals surface area (Å²) < 4.78 is 10.7. The van der Waals surface area contributed by atoms with E-state index in [-0.39, 0.29) is 12.1 Å². The number of fused-ring (bicyclic) bond motifs is 1. The Morgan fingerprint density at radius 2 is 1.95 bits per heavy atom. The van der Waals surface area contributed by atoms with Gasteiger partial charge in [0.1, 0.15) is 18.1 Å². The van der Waals surface area contributed by atoms with Crippen molar-refractivity contribution in [2.45, 2.75) is 12.5 Å². The van der Waals surface area contributed by atoms with E-state index in [0.29, 0.717) is 6.61 Å². The highest BCUT2D eigenvalue weighted by Gasteiger charge is 2.20. The molecule has 0 bridgehead atoms. The largest absolute Gasteiger partial charge is 0.497 e. The Hall–Kier alpha value is -2.69. The summed E-state index contributed by atoms with van der Waals surface area (Å²) in [4.78, 5) is 12.0. The molecule has 0 aromatic heterocycles. The molecule has 5 nitrogen and oxygen atoms in total. The van der Waals surface area contributed by atoms with Crippen LogP contribution in [0.5, 0.6) is 11.5 Å². The fraction of sp³-hybridized carbons (Fsp3) is 0.235. The third kappa shape index (κ3) is 3.31. The van der Waals surface area contributed by atoms with Crippen molar-refractivity contribution in [2.24, 2.45) is 0 Å². The minimum absolute atomic E-state index is 0.0341. The van der Waals surface area contributed by atoms with Gasteiger partial charge in [-0.15, -0.1) is 0 Å². The monoisotopic (exact) mass is 298 g/mol. The number of hydrogen-bond donors (Lipinski definition) is 2. The summed E-state index contributed by atoms with van der Waals surface area (Å²) in [6.07, 6.45) is 0.770. The van der Waals surface area contributed by atoms with Crippen LogP contribution in [0.25, 0.3) is 0 Å². The summed E-state index contributed by atoms with van der Waals surface area (Å²) in [5.41, 5.74) is 1.83. The van der Waals surface area contributed by atoms with Gasteiger partial charge in [0.2, 0.25) is 0 Å². The summed E-state index contributed by atoms with van der Waals surface area (Å²) in [6.45, 7) is 0.479. The van der Waals surface area contributed by atoms with Crippen molar-refractivity contribution in [2.75, 3.05) is 19.0 Å². The van der Waals surface area contributed by atoms with Gasteiger partial charge in [-0.25, -0.2) is 4.79 Å². The van der Waals surface area contributed by atoms with E-state index in [4.69, 9.17) is 9.47 Å². The van der Waals surface area contributed by atoms with Gasteiger partial charge >= 0.3 is 6.03 Å². The zero-order chi connectivity index (χ0) is 15.4. The van der Waals surface area contributed by atoms with Crippen LogP contribution < -0.4 is 20.1 Å². The average molecular weight is 298 g/mol. The predicted molar refractivity (Wildman–Crippen MR) is 84.6 cm³/mol. The quantitative estimate of drug-likeness (QED) is 0.916. The van der Waals surface area contributed by atoms with E-state index in [1.807, 2.05) is 24.3 Å². The number of benzene rings is 2. The fourth-order valence-corrected chi connectivity index (χ4v) is 2.45. The molecule has 0 aliphatic carbocycles. The van der Waals surface area contributed by atoms with Crippen LogP contribution in [0, 0.1) is 0 Å².